The smallest absolute Gasteiger partial charge is 0.0637 e. The van der Waals surface area contributed by atoms with Crippen molar-refractivity contribution >= 4 is 0 Å². The van der Waals surface area contributed by atoms with Crippen LogP contribution in [0.5, 0.6) is 0 Å². The molecule has 3 aliphatic rings. The van der Waals surface area contributed by atoms with Crippen LogP contribution in [0.4, 0.5) is 0 Å². The van der Waals surface area contributed by atoms with E-state index in [4.69, 9.17) is 0 Å². The fraction of sp³-hybridized carbons (Fsp3) is 1.00. The molecule has 2 saturated carbocycles. The number of piperidine rings is 1. The number of nitrogens with one attached hydrogen (secondary N) is 1. The maximum absolute atomic E-state index is 10.7. The van der Waals surface area contributed by atoms with Crippen molar-refractivity contribution in [3.63, 3.8) is 0 Å². The van der Waals surface area contributed by atoms with Crippen LogP contribution in [0.1, 0.15) is 64.7 Å². The molecule has 18 heavy (non-hydrogen) atoms. The van der Waals surface area contributed by atoms with Gasteiger partial charge in [0.25, 0.3) is 0 Å². The lowest BCUT2D eigenvalue weighted by molar-refractivity contribution is 0.00535. The Bertz CT molecular complexity index is 283. The summed E-state index contributed by atoms with van der Waals surface area (Å²) in [6.07, 6.45) is 11.7. The van der Waals surface area contributed by atoms with Gasteiger partial charge in [-0.2, -0.15) is 0 Å². The van der Waals surface area contributed by atoms with Crippen LogP contribution in [0.25, 0.3) is 0 Å². The molecule has 2 heteroatoms. The molecule has 5 atom stereocenters. The van der Waals surface area contributed by atoms with Crippen molar-refractivity contribution in [2.45, 2.75) is 76.4 Å². The quantitative estimate of drug-likeness (QED) is 0.804. The van der Waals surface area contributed by atoms with Gasteiger partial charge in [-0.3, -0.25) is 0 Å². The maximum atomic E-state index is 10.7. The first kappa shape index (κ1) is 12.9. The maximum Gasteiger partial charge on any atom is 0.0637 e. The van der Waals surface area contributed by atoms with Crippen molar-refractivity contribution in [3.05, 3.63) is 0 Å². The summed E-state index contributed by atoms with van der Waals surface area (Å²) in [5, 5.41) is 14.3. The van der Waals surface area contributed by atoms with E-state index in [0.29, 0.717) is 6.04 Å². The van der Waals surface area contributed by atoms with Crippen LogP contribution < -0.4 is 5.32 Å². The molecule has 2 N–H and O–H groups in total. The molecule has 1 aliphatic heterocycles. The molecular formula is C16H29NO. The third kappa shape index (κ3) is 2.91. The number of hydrogen-bond acceptors (Lipinski definition) is 2. The van der Waals surface area contributed by atoms with Gasteiger partial charge in [-0.25, -0.2) is 0 Å². The summed E-state index contributed by atoms with van der Waals surface area (Å²) < 4.78 is 0. The Kier molecular flexibility index (Phi) is 3.68. The predicted octanol–water partition coefficient (Wildman–Crippen LogP) is 3.10. The van der Waals surface area contributed by atoms with Crippen molar-refractivity contribution in [1.29, 1.82) is 0 Å². The Morgan fingerprint density at radius 1 is 1.11 bits per heavy atom. The van der Waals surface area contributed by atoms with Crippen LogP contribution in [0.3, 0.4) is 0 Å². The first-order valence-electron chi connectivity index (χ1n) is 8.08. The average Bonchev–Trinajstić information content (AvgIpc) is 2.90. The first-order chi connectivity index (χ1) is 8.62. The third-order valence-electron chi connectivity index (χ3n) is 5.68. The SMILES string of the molecule is CC(O)(CC1CCCCN1)CC1CC2CCC1C2. The van der Waals surface area contributed by atoms with Crippen LogP contribution in [0.15, 0.2) is 0 Å². The molecule has 0 aromatic carbocycles. The van der Waals surface area contributed by atoms with Crippen LogP contribution in [-0.4, -0.2) is 23.3 Å². The second-order valence-electron chi connectivity index (χ2n) is 7.49. The fourth-order valence-corrected chi connectivity index (χ4v) is 4.90. The van der Waals surface area contributed by atoms with E-state index in [1.165, 1.54) is 44.9 Å². The summed E-state index contributed by atoms with van der Waals surface area (Å²) in [6, 6.07) is 0.562. The summed E-state index contributed by atoms with van der Waals surface area (Å²) in [5.41, 5.74) is -0.440. The van der Waals surface area contributed by atoms with E-state index in [-0.39, 0.29) is 0 Å². The molecule has 0 aromatic heterocycles. The van der Waals surface area contributed by atoms with E-state index < -0.39 is 5.60 Å². The van der Waals surface area contributed by atoms with Gasteiger partial charge in [0.15, 0.2) is 0 Å². The lowest BCUT2D eigenvalue weighted by Crippen LogP contribution is -2.42. The van der Waals surface area contributed by atoms with Gasteiger partial charge >= 0.3 is 0 Å². The number of rotatable bonds is 4. The van der Waals surface area contributed by atoms with Crippen molar-refractivity contribution in [3.8, 4) is 0 Å². The first-order valence-corrected chi connectivity index (χ1v) is 8.08. The van der Waals surface area contributed by atoms with Gasteiger partial charge < -0.3 is 10.4 Å². The molecule has 5 unspecified atom stereocenters. The van der Waals surface area contributed by atoms with E-state index >= 15 is 0 Å². The molecule has 0 spiro atoms. The summed E-state index contributed by atoms with van der Waals surface area (Å²) in [7, 11) is 0. The average molecular weight is 251 g/mol. The molecule has 0 radical (unpaired) electrons. The zero-order valence-corrected chi connectivity index (χ0v) is 11.8. The van der Waals surface area contributed by atoms with Crippen molar-refractivity contribution < 1.29 is 5.11 Å². The fourth-order valence-electron chi connectivity index (χ4n) is 4.90. The summed E-state index contributed by atoms with van der Waals surface area (Å²) in [6.45, 7) is 3.23. The highest BCUT2D eigenvalue weighted by atomic mass is 16.3. The molecule has 2 nitrogen and oxygen atoms in total. The molecule has 2 bridgehead atoms. The normalized spacial score (nSPS) is 43.0. The zero-order valence-electron chi connectivity index (χ0n) is 11.8. The number of hydrogen-bond donors (Lipinski definition) is 2. The Hall–Kier alpha value is -0.0800. The predicted molar refractivity (Wildman–Crippen MR) is 74.4 cm³/mol. The van der Waals surface area contributed by atoms with E-state index in [1.54, 1.807) is 0 Å². The summed E-state index contributed by atoms with van der Waals surface area (Å²) in [5.74, 6) is 2.77. The number of fused-ring (bicyclic) bond motifs is 2. The van der Waals surface area contributed by atoms with Gasteiger partial charge in [-0.05, 0) is 76.2 Å². The van der Waals surface area contributed by atoms with Gasteiger partial charge in [0.1, 0.15) is 0 Å². The largest absolute Gasteiger partial charge is 0.390 e. The van der Waals surface area contributed by atoms with Crippen molar-refractivity contribution in [2.24, 2.45) is 17.8 Å². The summed E-state index contributed by atoms with van der Waals surface area (Å²) >= 11 is 0. The monoisotopic (exact) mass is 251 g/mol. The lowest BCUT2D eigenvalue weighted by Gasteiger charge is -2.35. The minimum atomic E-state index is -0.440. The van der Waals surface area contributed by atoms with Crippen LogP contribution in [0.2, 0.25) is 0 Å². The second-order valence-corrected chi connectivity index (χ2v) is 7.49. The molecule has 0 aromatic rings. The van der Waals surface area contributed by atoms with Gasteiger partial charge in [0.05, 0.1) is 5.60 Å². The van der Waals surface area contributed by atoms with Crippen molar-refractivity contribution in [1.82, 2.24) is 5.32 Å². The minimum absolute atomic E-state index is 0.440. The molecule has 104 valence electrons. The highest BCUT2D eigenvalue weighted by molar-refractivity contribution is 4.94. The number of aliphatic hydroxyl groups is 1. The van der Waals surface area contributed by atoms with Crippen LogP contribution in [0, 0.1) is 17.8 Å². The molecule has 3 fully saturated rings. The summed E-state index contributed by atoms with van der Waals surface area (Å²) in [4.78, 5) is 0. The minimum Gasteiger partial charge on any atom is -0.390 e. The Labute approximate surface area is 112 Å². The topological polar surface area (TPSA) is 32.3 Å². The highest BCUT2D eigenvalue weighted by Gasteiger charge is 2.42. The molecule has 1 saturated heterocycles. The standard InChI is InChI=1S/C16H29NO/c1-16(18,11-15-4-2-3-7-17-15)10-14-9-12-5-6-13(14)8-12/h12-15,17-18H,2-11H2,1H3. The zero-order chi connectivity index (χ0) is 12.6. The van der Waals surface area contributed by atoms with Crippen LogP contribution >= 0.6 is 0 Å². The Morgan fingerprint density at radius 3 is 2.61 bits per heavy atom. The van der Waals surface area contributed by atoms with Gasteiger partial charge in [0.2, 0.25) is 0 Å². The van der Waals surface area contributed by atoms with E-state index in [0.717, 1.165) is 37.1 Å². The highest BCUT2D eigenvalue weighted by Crippen LogP contribution is 2.51. The van der Waals surface area contributed by atoms with E-state index in [1.807, 2.05) is 0 Å². The van der Waals surface area contributed by atoms with Gasteiger partial charge in [-0.15, -0.1) is 0 Å². The van der Waals surface area contributed by atoms with Crippen LogP contribution in [-0.2, 0) is 0 Å². The third-order valence-corrected chi connectivity index (χ3v) is 5.68. The van der Waals surface area contributed by atoms with E-state index in [9.17, 15) is 5.11 Å². The molecular weight excluding hydrogens is 222 g/mol. The molecule has 0 amide bonds. The molecule has 3 rings (SSSR count). The van der Waals surface area contributed by atoms with Gasteiger partial charge in [0, 0.05) is 6.04 Å². The van der Waals surface area contributed by atoms with Crippen molar-refractivity contribution in [2.75, 3.05) is 6.54 Å². The lowest BCUT2D eigenvalue weighted by atomic mass is 9.78. The second kappa shape index (κ2) is 5.13. The molecule has 1 heterocycles. The van der Waals surface area contributed by atoms with Gasteiger partial charge in [-0.1, -0.05) is 12.8 Å². The Morgan fingerprint density at radius 2 is 2.00 bits per heavy atom. The molecule has 2 aliphatic carbocycles. The Balaban J connectivity index is 1.50. The van der Waals surface area contributed by atoms with E-state index in [2.05, 4.69) is 12.2 Å².